The Bertz CT molecular complexity index is 964. The summed E-state index contributed by atoms with van der Waals surface area (Å²) in [4.78, 5) is 23.1. The monoisotopic (exact) mass is 395 g/mol. The number of carbonyl (C=O) groups is 1. The van der Waals surface area contributed by atoms with E-state index in [4.69, 9.17) is 19.2 Å². The second kappa shape index (κ2) is 8.03. The van der Waals surface area contributed by atoms with Crippen molar-refractivity contribution in [2.75, 3.05) is 34.4 Å². The number of benzene rings is 2. The molecule has 1 N–H and O–H groups in total. The van der Waals surface area contributed by atoms with Gasteiger partial charge in [-0.25, -0.2) is 4.98 Å². The zero-order valence-electron chi connectivity index (χ0n) is 16.9. The Morgan fingerprint density at radius 2 is 1.69 bits per heavy atom. The molecule has 0 bridgehead atoms. The predicted octanol–water partition coefficient (Wildman–Crippen LogP) is 3.61. The normalized spacial score (nSPS) is 14.8. The average molecular weight is 395 g/mol. The SMILES string of the molecule is COc1cc(C(=O)N2CCC(c3nc4ccccc4[nH]3)CC2)cc(OC)c1OC. The standard InChI is InChI=1S/C22H25N3O4/c1-27-18-12-15(13-19(28-2)20(18)29-3)22(26)25-10-8-14(9-11-25)21-23-16-6-4-5-7-17(16)24-21/h4-7,12-14H,8-11H2,1-3H3,(H,23,24). The van der Waals surface area contributed by atoms with Crippen LogP contribution in [0.1, 0.15) is 34.9 Å². The number of carbonyl (C=O) groups excluding carboxylic acids is 1. The summed E-state index contributed by atoms with van der Waals surface area (Å²) in [7, 11) is 4.64. The summed E-state index contributed by atoms with van der Waals surface area (Å²) in [6.45, 7) is 1.36. The lowest BCUT2D eigenvalue weighted by Crippen LogP contribution is -2.38. The molecule has 0 unspecified atom stereocenters. The molecule has 1 saturated heterocycles. The van der Waals surface area contributed by atoms with Gasteiger partial charge in [-0.15, -0.1) is 0 Å². The van der Waals surface area contributed by atoms with Crippen LogP contribution >= 0.6 is 0 Å². The first-order valence-corrected chi connectivity index (χ1v) is 9.68. The first-order chi connectivity index (χ1) is 14.1. The molecule has 3 aromatic rings. The lowest BCUT2D eigenvalue weighted by atomic mass is 9.95. The molecule has 7 nitrogen and oxygen atoms in total. The van der Waals surface area contributed by atoms with Gasteiger partial charge >= 0.3 is 0 Å². The van der Waals surface area contributed by atoms with Gasteiger partial charge in [-0.3, -0.25) is 4.79 Å². The summed E-state index contributed by atoms with van der Waals surface area (Å²) in [6.07, 6.45) is 1.74. The van der Waals surface area contributed by atoms with E-state index in [2.05, 4.69) is 4.98 Å². The number of nitrogens with one attached hydrogen (secondary N) is 1. The van der Waals surface area contributed by atoms with E-state index in [9.17, 15) is 4.79 Å². The van der Waals surface area contributed by atoms with Crippen molar-refractivity contribution < 1.29 is 19.0 Å². The van der Waals surface area contributed by atoms with Gasteiger partial charge in [0.25, 0.3) is 5.91 Å². The number of methoxy groups -OCH3 is 3. The van der Waals surface area contributed by atoms with Crippen molar-refractivity contribution in [2.45, 2.75) is 18.8 Å². The minimum atomic E-state index is -0.0349. The molecule has 1 aliphatic rings. The highest BCUT2D eigenvalue weighted by molar-refractivity contribution is 5.95. The quantitative estimate of drug-likeness (QED) is 0.714. The highest BCUT2D eigenvalue weighted by Crippen LogP contribution is 2.39. The molecule has 2 heterocycles. The van der Waals surface area contributed by atoms with Crippen LogP contribution < -0.4 is 14.2 Å². The van der Waals surface area contributed by atoms with Crippen LogP contribution in [0.5, 0.6) is 17.2 Å². The number of aromatic nitrogens is 2. The fourth-order valence-electron chi connectivity index (χ4n) is 3.91. The van der Waals surface area contributed by atoms with E-state index in [1.165, 1.54) is 0 Å². The number of hydrogen-bond donors (Lipinski definition) is 1. The van der Waals surface area contributed by atoms with E-state index in [-0.39, 0.29) is 5.91 Å². The summed E-state index contributed by atoms with van der Waals surface area (Å²) in [5, 5.41) is 0. The summed E-state index contributed by atoms with van der Waals surface area (Å²) in [5.41, 5.74) is 2.57. The predicted molar refractivity (Wildman–Crippen MR) is 110 cm³/mol. The molecular formula is C22H25N3O4. The van der Waals surface area contributed by atoms with Crippen LogP contribution in [-0.2, 0) is 0 Å². The van der Waals surface area contributed by atoms with E-state index >= 15 is 0 Å². The third-order valence-electron chi connectivity index (χ3n) is 5.49. The number of likely N-dealkylation sites (tertiary alicyclic amines) is 1. The Balaban J connectivity index is 1.49. The number of amides is 1. The molecule has 2 aromatic carbocycles. The van der Waals surface area contributed by atoms with Gasteiger partial charge in [0.2, 0.25) is 5.75 Å². The molecule has 4 rings (SSSR count). The highest BCUT2D eigenvalue weighted by Gasteiger charge is 2.27. The highest BCUT2D eigenvalue weighted by atomic mass is 16.5. The number of rotatable bonds is 5. The molecule has 29 heavy (non-hydrogen) atoms. The average Bonchev–Trinajstić information content (AvgIpc) is 3.22. The molecule has 1 amide bonds. The number of piperidine rings is 1. The Morgan fingerprint density at radius 3 is 2.28 bits per heavy atom. The van der Waals surface area contributed by atoms with Crippen LogP contribution in [-0.4, -0.2) is 55.2 Å². The Morgan fingerprint density at radius 1 is 1.03 bits per heavy atom. The third kappa shape index (κ3) is 3.60. The van der Waals surface area contributed by atoms with Crippen molar-refractivity contribution in [2.24, 2.45) is 0 Å². The van der Waals surface area contributed by atoms with Gasteiger partial charge in [0, 0.05) is 24.6 Å². The second-order valence-corrected chi connectivity index (χ2v) is 7.12. The summed E-state index contributed by atoms with van der Waals surface area (Å²) >= 11 is 0. The number of imidazole rings is 1. The lowest BCUT2D eigenvalue weighted by molar-refractivity contribution is 0.0710. The lowest BCUT2D eigenvalue weighted by Gasteiger charge is -2.31. The summed E-state index contributed by atoms with van der Waals surface area (Å²) in [6, 6.07) is 11.5. The minimum absolute atomic E-state index is 0.0349. The number of ether oxygens (including phenoxy) is 3. The van der Waals surface area contributed by atoms with Crippen molar-refractivity contribution >= 4 is 16.9 Å². The van der Waals surface area contributed by atoms with E-state index in [1.807, 2.05) is 29.2 Å². The first-order valence-electron chi connectivity index (χ1n) is 9.68. The van der Waals surface area contributed by atoms with Crippen LogP contribution in [0.4, 0.5) is 0 Å². The minimum Gasteiger partial charge on any atom is -0.493 e. The van der Waals surface area contributed by atoms with Crippen LogP contribution in [0.3, 0.4) is 0 Å². The van der Waals surface area contributed by atoms with Crippen molar-refractivity contribution in [3.05, 3.63) is 47.8 Å². The van der Waals surface area contributed by atoms with Crippen molar-refractivity contribution in [3.8, 4) is 17.2 Å². The van der Waals surface area contributed by atoms with E-state index in [1.54, 1.807) is 33.5 Å². The second-order valence-electron chi connectivity index (χ2n) is 7.12. The van der Waals surface area contributed by atoms with Crippen molar-refractivity contribution in [3.63, 3.8) is 0 Å². The van der Waals surface area contributed by atoms with Crippen LogP contribution in [0.25, 0.3) is 11.0 Å². The summed E-state index contributed by atoms with van der Waals surface area (Å²) in [5.74, 6) is 2.74. The Hall–Kier alpha value is -3.22. The molecule has 1 aromatic heterocycles. The van der Waals surface area contributed by atoms with Gasteiger partial charge in [-0.05, 0) is 37.1 Å². The van der Waals surface area contributed by atoms with Crippen LogP contribution in [0, 0.1) is 0 Å². The van der Waals surface area contributed by atoms with Crippen molar-refractivity contribution in [1.29, 1.82) is 0 Å². The van der Waals surface area contributed by atoms with Gasteiger partial charge in [-0.1, -0.05) is 12.1 Å². The number of hydrogen-bond acceptors (Lipinski definition) is 5. The molecule has 7 heteroatoms. The fourth-order valence-corrected chi connectivity index (χ4v) is 3.91. The molecule has 0 radical (unpaired) electrons. The molecule has 1 aliphatic heterocycles. The number of aromatic amines is 1. The van der Waals surface area contributed by atoms with Gasteiger partial charge in [0.05, 0.1) is 32.4 Å². The largest absolute Gasteiger partial charge is 0.493 e. The first kappa shape index (κ1) is 19.1. The third-order valence-corrected chi connectivity index (χ3v) is 5.49. The molecule has 0 atom stereocenters. The van der Waals surface area contributed by atoms with Crippen LogP contribution in [0.15, 0.2) is 36.4 Å². The van der Waals surface area contributed by atoms with E-state index in [0.29, 0.717) is 41.8 Å². The molecule has 0 spiro atoms. The molecule has 1 fully saturated rings. The number of para-hydroxylation sites is 2. The van der Waals surface area contributed by atoms with Crippen LogP contribution in [0.2, 0.25) is 0 Å². The summed E-state index contributed by atoms with van der Waals surface area (Å²) < 4.78 is 16.1. The Kier molecular flexibility index (Phi) is 5.29. The van der Waals surface area contributed by atoms with Gasteiger partial charge < -0.3 is 24.1 Å². The van der Waals surface area contributed by atoms with Gasteiger partial charge in [0.1, 0.15) is 5.82 Å². The smallest absolute Gasteiger partial charge is 0.254 e. The fraction of sp³-hybridized carbons (Fsp3) is 0.364. The molecule has 0 aliphatic carbocycles. The number of H-pyrrole nitrogens is 1. The maximum absolute atomic E-state index is 13.1. The molecule has 152 valence electrons. The van der Waals surface area contributed by atoms with E-state index in [0.717, 1.165) is 29.7 Å². The topological polar surface area (TPSA) is 76.7 Å². The zero-order chi connectivity index (χ0) is 20.4. The molecular weight excluding hydrogens is 370 g/mol. The zero-order valence-corrected chi connectivity index (χ0v) is 16.9. The van der Waals surface area contributed by atoms with Gasteiger partial charge in [0.15, 0.2) is 11.5 Å². The number of nitrogens with zero attached hydrogens (tertiary/aromatic N) is 2. The maximum atomic E-state index is 13.1. The Labute approximate surface area is 169 Å². The maximum Gasteiger partial charge on any atom is 0.254 e. The van der Waals surface area contributed by atoms with Crippen molar-refractivity contribution in [1.82, 2.24) is 14.9 Å². The van der Waals surface area contributed by atoms with E-state index < -0.39 is 0 Å². The molecule has 0 saturated carbocycles. The van der Waals surface area contributed by atoms with Gasteiger partial charge in [-0.2, -0.15) is 0 Å². The number of fused-ring (bicyclic) bond motifs is 1.